The van der Waals surface area contributed by atoms with Gasteiger partial charge < -0.3 is 9.88 Å². The Morgan fingerprint density at radius 2 is 1.89 bits per heavy atom. The van der Waals surface area contributed by atoms with Crippen molar-refractivity contribution in [2.75, 3.05) is 0 Å². The molecule has 0 aliphatic heterocycles. The molecule has 0 saturated heterocycles. The minimum atomic E-state index is 0.306. The number of benzene rings is 1. The van der Waals surface area contributed by atoms with Gasteiger partial charge in [-0.15, -0.1) is 10.2 Å². The van der Waals surface area contributed by atoms with E-state index < -0.39 is 0 Å². The molecule has 0 fully saturated rings. The molecule has 102 valence electrons. The normalized spacial score (nSPS) is 12.6. The number of hydrogen-bond acceptors (Lipinski definition) is 3. The molecule has 4 heteroatoms. The van der Waals surface area contributed by atoms with Crippen LogP contribution < -0.4 is 5.32 Å². The average molecular weight is 258 g/mol. The van der Waals surface area contributed by atoms with Crippen LogP contribution in [0.1, 0.15) is 42.4 Å². The second kappa shape index (κ2) is 5.97. The molecular formula is C15H22N4. The van der Waals surface area contributed by atoms with E-state index in [-0.39, 0.29) is 0 Å². The van der Waals surface area contributed by atoms with Gasteiger partial charge in [0.2, 0.25) is 0 Å². The molecule has 4 nitrogen and oxygen atoms in total. The van der Waals surface area contributed by atoms with Crippen molar-refractivity contribution in [1.29, 1.82) is 0 Å². The first kappa shape index (κ1) is 13.7. The lowest BCUT2D eigenvalue weighted by Gasteiger charge is -2.15. The molecule has 1 aromatic heterocycles. The van der Waals surface area contributed by atoms with Gasteiger partial charge in [0.05, 0.1) is 6.54 Å². The lowest BCUT2D eigenvalue weighted by atomic mass is 10.0. The Labute approximate surface area is 114 Å². The highest BCUT2D eigenvalue weighted by Gasteiger charge is 2.08. The Bertz CT molecular complexity index is 525. The monoisotopic (exact) mass is 258 g/mol. The third-order valence-corrected chi connectivity index (χ3v) is 3.35. The summed E-state index contributed by atoms with van der Waals surface area (Å²) in [5, 5.41) is 11.6. The second-order valence-corrected chi connectivity index (χ2v) is 5.06. The summed E-state index contributed by atoms with van der Waals surface area (Å²) in [4.78, 5) is 0. The molecule has 2 aromatic rings. The first-order chi connectivity index (χ1) is 9.10. The highest BCUT2D eigenvalue weighted by Crippen LogP contribution is 2.16. The van der Waals surface area contributed by atoms with Crippen LogP contribution in [0.25, 0.3) is 0 Å². The maximum atomic E-state index is 4.14. The van der Waals surface area contributed by atoms with Gasteiger partial charge in [-0.1, -0.05) is 29.3 Å². The summed E-state index contributed by atoms with van der Waals surface area (Å²) in [5.41, 5.74) is 3.93. The third-order valence-electron chi connectivity index (χ3n) is 3.35. The van der Waals surface area contributed by atoms with Crippen LogP contribution in [0.5, 0.6) is 0 Å². The molecule has 0 amide bonds. The molecule has 0 spiro atoms. The summed E-state index contributed by atoms with van der Waals surface area (Å²) in [7, 11) is 0. The first-order valence-corrected chi connectivity index (χ1v) is 6.78. The van der Waals surface area contributed by atoms with E-state index in [0.29, 0.717) is 6.04 Å². The van der Waals surface area contributed by atoms with Crippen molar-refractivity contribution in [3.63, 3.8) is 0 Å². The van der Waals surface area contributed by atoms with Crippen molar-refractivity contribution in [2.24, 2.45) is 0 Å². The van der Waals surface area contributed by atoms with E-state index in [4.69, 9.17) is 0 Å². The van der Waals surface area contributed by atoms with Gasteiger partial charge >= 0.3 is 0 Å². The summed E-state index contributed by atoms with van der Waals surface area (Å²) >= 11 is 0. The Morgan fingerprint density at radius 1 is 1.21 bits per heavy atom. The van der Waals surface area contributed by atoms with Gasteiger partial charge in [0.1, 0.15) is 12.2 Å². The highest BCUT2D eigenvalue weighted by atomic mass is 15.3. The van der Waals surface area contributed by atoms with Crippen LogP contribution in [0.4, 0.5) is 0 Å². The van der Waals surface area contributed by atoms with Crippen molar-refractivity contribution >= 4 is 0 Å². The van der Waals surface area contributed by atoms with E-state index in [1.807, 2.05) is 0 Å². The van der Waals surface area contributed by atoms with Gasteiger partial charge in [0.25, 0.3) is 0 Å². The zero-order valence-corrected chi connectivity index (χ0v) is 12.1. The van der Waals surface area contributed by atoms with Crippen LogP contribution in [0.3, 0.4) is 0 Å². The van der Waals surface area contributed by atoms with E-state index in [1.165, 1.54) is 16.7 Å². The van der Waals surface area contributed by atoms with Crippen LogP contribution in [0.15, 0.2) is 24.5 Å². The molecule has 19 heavy (non-hydrogen) atoms. The van der Waals surface area contributed by atoms with E-state index in [9.17, 15) is 0 Å². The summed E-state index contributed by atoms with van der Waals surface area (Å²) in [6.07, 6.45) is 1.78. The van der Waals surface area contributed by atoms with Gasteiger partial charge in [-0.25, -0.2) is 0 Å². The van der Waals surface area contributed by atoms with Crippen molar-refractivity contribution in [1.82, 2.24) is 20.1 Å². The van der Waals surface area contributed by atoms with Crippen LogP contribution in [-0.4, -0.2) is 14.8 Å². The number of rotatable bonds is 5. The summed E-state index contributed by atoms with van der Waals surface area (Å²) < 4.78 is 2.06. The van der Waals surface area contributed by atoms with Crippen molar-refractivity contribution in [3.8, 4) is 0 Å². The molecule has 1 N–H and O–H groups in total. The highest BCUT2D eigenvalue weighted by molar-refractivity contribution is 5.30. The number of hydrogen-bond donors (Lipinski definition) is 1. The molecule has 0 bridgehead atoms. The minimum absolute atomic E-state index is 0.306. The number of nitrogens with zero attached hydrogens (tertiary/aromatic N) is 3. The van der Waals surface area contributed by atoms with E-state index in [2.05, 4.69) is 66.0 Å². The van der Waals surface area contributed by atoms with Gasteiger partial charge in [0, 0.05) is 12.6 Å². The summed E-state index contributed by atoms with van der Waals surface area (Å²) in [6, 6.07) is 6.97. The topological polar surface area (TPSA) is 42.7 Å². The summed E-state index contributed by atoms with van der Waals surface area (Å²) in [5.74, 6) is 0.985. The number of nitrogens with one attached hydrogen (secondary N) is 1. The quantitative estimate of drug-likeness (QED) is 0.896. The molecule has 2 rings (SSSR count). The molecule has 0 aliphatic rings. The maximum Gasteiger partial charge on any atom is 0.146 e. The Kier molecular flexibility index (Phi) is 4.32. The SMILES string of the molecule is CCn1cnnc1CNC(C)c1cc(C)cc(C)c1. The van der Waals surface area contributed by atoms with Crippen molar-refractivity contribution in [3.05, 3.63) is 47.0 Å². The maximum absolute atomic E-state index is 4.14. The fourth-order valence-corrected chi connectivity index (χ4v) is 2.30. The fourth-order valence-electron chi connectivity index (χ4n) is 2.30. The molecule has 0 radical (unpaired) electrons. The molecule has 1 heterocycles. The average Bonchev–Trinajstić information content (AvgIpc) is 2.82. The Morgan fingerprint density at radius 3 is 2.53 bits per heavy atom. The van der Waals surface area contributed by atoms with Gasteiger partial charge in [0.15, 0.2) is 0 Å². The van der Waals surface area contributed by atoms with Crippen LogP contribution in [-0.2, 0) is 13.1 Å². The largest absolute Gasteiger partial charge is 0.317 e. The smallest absolute Gasteiger partial charge is 0.146 e. The van der Waals surface area contributed by atoms with Crippen LogP contribution in [0, 0.1) is 13.8 Å². The number of aryl methyl sites for hydroxylation is 3. The molecule has 1 aromatic carbocycles. The number of aromatic nitrogens is 3. The Balaban J connectivity index is 2.03. The minimum Gasteiger partial charge on any atom is -0.317 e. The zero-order chi connectivity index (χ0) is 13.8. The van der Waals surface area contributed by atoms with Crippen molar-refractivity contribution < 1.29 is 0 Å². The molecule has 0 saturated carbocycles. The molecule has 0 aliphatic carbocycles. The van der Waals surface area contributed by atoms with Gasteiger partial charge in [-0.2, -0.15) is 0 Å². The molecule has 1 unspecified atom stereocenters. The van der Waals surface area contributed by atoms with Gasteiger partial charge in [-0.3, -0.25) is 0 Å². The fraction of sp³-hybridized carbons (Fsp3) is 0.467. The Hall–Kier alpha value is -1.68. The van der Waals surface area contributed by atoms with E-state index >= 15 is 0 Å². The second-order valence-electron chi connectivity index (χ2n) is 5.06. The van der Waals surface area contributed by atoms with Crippen molar-refractivity contribution in [2.45, 2.75) is 46.8 Å². The van der Waals surface area contributed by atoms with E-state index in [1.54, 1.807) is 6.33 Å². The standard InChI is InChI=1S/C15H22N4/c1-5-19-10-17-18-15(19)9-16-13(4)14-7-11(2)6-12(3)8-14/h6-8,10,13,16H,5,9H2,1-4H3. The van der Waals surface area contributed by atoms with Crippen LogP contribution >= 0.6 is 0 Å². The molecule has 1 atom stereocenters. The zero-order valence-electron chi connectivity index (χ0n) is 12.1. The summed E-state index contributed by atoms with van der Waals surface area (Å²) in [6.45, 7) is 10.2. The third kappa shape index (κ3) is 3.41. The molecular weight excluding hydrogens is 236 g/mol. The first-order valence-electron chi connectivity index (χ1n) is 6.78. The van der Waals surface area contributed by atoms with Gasteiger partial charge in [-0.05, 0) is 33.3 Å². The lowest BCUT2D eigenvalue weighted by Crippen LogP contribution is -2.20. The predicted molar refractivity (Wildman–Crippen MR) is 76.9 cm³/mol. The lowest BCUT2D eigenvalue weighted by molar-refractivity contribution is 0.539. The van der Waals surface area contributed by atoms with Crippen LogP contribution in [0.2, 0.25) is 0 Å². The van der Waals surface area contributed by atoms with E-state index in [0.717, 1.165) is 18.9 Å². The predicted octanol–water partition coefficient (Wildman–Crippen LogP) is 2.77.